The smallest absolute Gasteiger partial charge is 0.313 e. The van der Waals surface area contributed by atoms with Gasteiger partial charge in [0.15, 0.2) is 0 Å². The van der Waals surface area contributed by atoms with E-state index < -0.39 is 5.92 Å². The lowest BCUT2D eigenvalue weighted by molar-refractivity contribution is -0.144. The summed E-state index contributed by atoms with van der Waals surface area (Å²) in [6.07, 6.45) is 0.237. The summed E-state index contributed by atoms with van der Waals surface area (Å²) >= 11 is 5.88. The van der Waals surface area contributed by atoms with Gasteiger partial charge in [0.25, 0.3) is 0 Å². The average molecular weight is 332 g/mol. The van der Waals surface area contributed by atoms with Gasteiger partial charge in [0.2, 0.25) is 0 Å². The fourth-order valence-corrected chi connectivity index (χ4v) is 2.44. The van der Waals surface area contributed by atoms with E-state index in [0.29, 0.717) is 22.9 Å². The maximum absolute atomic E-state index is 12.3. The van der Waals surface area contributed by atoms with E-state index >= 15 is 0 Å². The Balaban J connectivity index is 2.28. The Labute approximate surface area is 140 Å². The number of nitrogens with zero attached hydrogens (tertiary/aromatic N) is 1. The Morgan fingerprint density at radius 1 is 1.17 bits per heavy atom. The van der Waals surface area contributed by atoms with Gasteiger partial charge in [0.05, 0.1) is 18.2 Å². The van der Waals surface area contributed by atoms with E-state index in [1.54, 1.807) is 31.2 Å². The maximum atomic E-state index is 12.3. The molecule has 0 fully saturated rings. The lowest BCUT2D eigenvalue weighted by Crippen LogP contribution is -2.20. The third-order valence-electron chi connectivity index (χ3n) is 3.47. The molecule has 1 N–H and O–H groups in total. The number of halogens is 1. The highest BCUT2D eigenvalue weighted by Crippen LogP contribution is 2.24. The third-order valence-corrected chi connectivity index (χ3v) is 3.72. The van der Waals surface area contributed by atoms with Crippen molar-refractivity contribution in [1.82, 2.24) is 0 Å². The van der Waals surface area contributed by atoms with Gasteiger partial charge in [-0.15, -0.1) is 0 Å². The van der Waals surface area contributed by atoms with Crippen LogP contribution in [0.15, 0.2) is 59.8 Å². The third kappa shape index (κ3) is 4.57. The molecule has 0 heterocycles. The van der Waals surface area contributed by atoms with Crippen LogP contribution in [-0.4, -0.2) is 23.5 Å². The van der Waals surface area contributed by atoms with Gasteiger partial charge < -0.3 is 9.94 Å². The molecule has 0 saturated heterocycles. The summed E-state index contributed by atoms with van der Waals surface area (Å²) in [6, 6.07) is 16.3. The molecule has 0 aliphatic rings. The quantitative estimate of drug-likeness (QED) is 0.372. The zero-order chi connectivity index (χ0) is 16.7. The Bertz CT molecular complexity index is 668. The second kappa shape index (κ2) is 8.34. The normalized spacial score (nSPS) is 12.7. The first-order valence-corrected chi connectivity index (χ1v) is 7.72. The van der Waals surface area contributed by atoms with Crippen LogP contribution in [0.2, 0.25) is 5.02 Å². The first kappa shape index (κ1) is 17.0. The predicted molar refractivity (Wildman–Crippen MR) is 90.2 cm³/mol. The van der Waals surface area contributed by atoms with Crippen molar-refractivity contribution in [2.75, 3.05) is 6.61 Å². The van der Waals surface area contributed by atoms with Crippen LogP contribution in [0.1, 0.15) is 30.4 Å². The van der Waals surface area contributed by atoms with Crippen LogP contribution in [0, 0.1) is 0 Å². The molecule has 1 unspecified atom stereocenters. The van der Waals surface area contributed by atoms with E-state index in [2.05, 4.69) is 5.16 Å². The molecule has 5 heteroatoms. The Morgan fingerprint density at radius 3 is 2.39 bits per heavy atom. The van der Waals surface area contributed by atoms with Gasteiger partial charge in [0.1, 0.15) is 0 Å². The molecule has 0 aliphatic carbocycles. The minimum absolute atomic E-state index is 0.237. The molecule has 1 atom stereocenters. The topological polar surface area (TPSA) is 58.9 Å². The second-order valence-electron chi connectivity index (χ2n) is 4.97. The summed E-state index contributed by atoms with van der Waals surface area (Å²) in [5.74, 6) is -0.869. The number of hydrogen-bond donors (Lipinski definition) is 1. The predicted octanol–water partition coefficient (Wildman–Crippen LogP) is 4.26. The van der Waals surface area contributed by atoms with E-state index in [4.69, 9.17) is 16.3 Å². The highest BCUT2D eigenvalue weighted by atomic mass is 35.5. The van der Waals surface area contributed by atoms with Gasteiger partial charge in [0, 0.05) is 11.4 Å². The number of esters is 1. The van der Waals surface area contributed by atoms with Crippen molar-refractivity contribution in [2.24, 2.45) is 5.16 Å². The molecule has 0 aliphatic heterocycles. The number of carbonyl (C=O) groups is 1. The monoisotopic (exact) mass is 331 g/mol. The van der Waals surface area contributed by atoms with Crippen LogP contribution in [0.3, 0.4) is 0 Å². The molecule has 0 radical (unpaired) electrons. The number of carbonyl (C=O) groups excluding carboxylic acids is 1. The van der Waals surface area contributed by atoms with Crippen LogP contribution in [0.4, 0.5) is 0 Å². The van der Waals surface area contributed by atoms with Gasteiger partial charge in [-0.1, -0.05) is 59.2 Å². The molecule has 0 amide bonds. The minimum atomic E-state index is -0.530. The summed E-state index contributed by atoms with van der Waals surface area (Å²) in [7, 11) is 0. The highest BCUT2D eigenvalue weighted by molar-refractivity contribution is 6.30. The molecule has 4 nitrogen and oxygen atoms in total. The first-order valence-electron chi connectivity index (χ1n) is 7.34. The molecule has 0 saturated carbocycles. The number of ether oxygens (including phenoxy) is 1. The zero-order valence-corrected chi connectivity index (χ0v) is 13.5. The largest absolute Gasteiger partial charge is 0.466 e. The van der Waals surface area contributed by atoms with Gasteiger partial charge >= 0.3 is 5.97 Å². The van der Waals surface area contributed by atoms with Gasteiger partial charge in [-0.2, -0.15) is 0 Å². The molecule has 0 spiro atoms. The van der Waals surface area contributed by atoms with Gasteiger partial charge in [-0.05, 0) is 30.2 Å². The van der Waals surface area contributed by atoms with E-state index in [0.717, 1.165) is 5.56 Å². The van der Waals surface area contributed by atoms with Crippen molar-refractivity contribution in [1.29, 1.82) is 0 Å². The fourth-order valence-electron chi connectivity index (χ4n) is 2.32. The standard InChI is InChI=1S/C18H18ClNO3/c1-2-23-18(21)16(13-6-4-3-5-7-13)12-17(20-22)14-8-10-15(19)11-9-14/h3-11,16,22H,2,12H2,1H3/b20-17-. The Kier molecular flexibility index (Phi) is 6.18. The van der Waals surface area contributed by atoms with E-state index in [9.17, 15) is 10.0 Å². The van der Waals surface area contributed by atoms with Gasteiger partial charge in [-0.25, -0.2) is 0 Å². The summed E-state index contributed by atoms with van der Waals surface area (Å²) in [4.78, 5) is 12.3. The molecule has 120 valence electrons. The average Bonchev–Trinajstić information content (AvgIpc) is 2.58. The van der Waals surface area contributed by atoms with Crippen molar-refractivity contribution < 1.29 is 14.7 Å². The Morgan fingerprint density at radius 2 is 1.83 bits per heavy atom. The second-order valence-corrected chi connectivity index (χ2v) is 5.41. The Hall–Kier alpha value is -2.33. The van der Waals surface area contributed by atoms with Crippen LogP contribution in [0.25, 0.3) is 0 Å². The van der Waals surface area contributed by atoms with Crippen molar-refractivity contribution in [3.8, 4) is 0 Å². The summed E-state index contributed by atoms with van der Waals surface area (Å²) in [6.45, 7) is 2.06. The van der Waals surface area contributed by atoms with E-state index in [-0.39, 0.29) is 12.4 Å². The molecule has 2 aromatic rings. The van der Waals surface area contributed by atoms with Crippen LogP contribution < -0.4 is 0 Å². The highest BCUT2D eigenvalue weighted by Gasteiger charge is 2.24. The fraction of sp³-hybridized carbons (Fsp3) is 0.222. The minimum Gasteiger partial charge on any atom is -0.466 e. The molecular weight excluding hydrogens is 314 g/mol. The summed E-state index contributed by atoms with van der Waals surface area (Å²) in [5, 5.41) is 13.3. The summed E-state index contributed by atoms with van der Waals surface area (Å²) < 4.78 is 5.16. The maximum Gasteiger partial charge on any atom is 0.313 e. The SMILES string of the molecule is CCOC(=O)C(C/C(=N/O)c1ccc(Cl)cc1)c1ccccc1. The molecule has 2 rings (SSSR count). The molecule has 0 bridgehead atoms. The van der Waals surface area contributed by atoms with Crippen molar-refractivity contribution >= 4 is 23.3 Å². The molecular formula is C18H18ClNO3. The number of oxime groups is 1. The van der Waals surface area contributed by atoms with Gasteiger partial charge in [-0.3, -0.25) is 4.79 Å². The zero-order valence-electron chi connectivity index (χ0n) is 12.8. The number of benzene rings is 2. The summed E-state index contributed by atoms with van der Waals surface area (Å²) in [5.41, 5.74) is 1.94. The van der Waals surface area contributed by atoms with Crippen LogP contribution in [-0.2, 0) is 9.53 Å². The van der Waals surface area contributed by atoms with Crippen LogP contribution >= 0.6 is 11.6 Å². The van der Waals surface area contributed by atoms with Crippen molar-refractivity contribution in [3.05, 3.63) is 70.7 Å². The van der Waals surface area contributed by atoms with Crippen molar-refractivity contribution in [2.45, 2.75) is 19.3 Å². The van der Waals surface area contributed by atoms with E-state index in [1.165, 1.54) is 0 Å². The number of hydrogen-bond acceptors (Lipinski definition) is 4. The lowest BCUT2D eigenvalue weighted by atomic mass is 9.91. The lowest BCUT2D eigenvalue weighted by Gasteiger charge is -2.16. The van der Waals surface area contributed by atoms with Crippen LogP contribution in [0.5, 0.6) is 0 Å². The molecule has 2 aromatic carbocycles. The number of rotatable bonds is 6. The molecule has 0 aromatic heterocycles. The molecule has 23 heavy (non-hydrogen) atoms. The van der Waals surface area contributed by atoms with Crippen molar-refractivity contribution in [3.63, 3.8) is 0 Å². The van der Waals surface area contributed by atoms with E-state index in [1.807, 2.05) is 30.3 Å². The first-order chi connectivity index (χ1) is 11.2.